The third-order valence-electron chi connectivity index (χ3n) is 6.51. The van der Waals surface area contributed by atoms with Crippen LogP contribution in [-0.4, -0.2) is 33.0 Å². The van der Waals surface area contributed by atoms with Crippen molar-refractivity contribution in [3.63, 3.8) is 0 Å². The highest BCUT2D eigenvalue weighted by Crippen LogP contribution is 2.37. The van der Waals surface area contributed by atoms with E-state index in [9.17, 15) is 4.79 Å². The number of nitrogens with zero attached hydrogens (tertiary/aromatic N) is 3. The molecule has 0 aliphatic rings. The van der Waals surface area contributed by atoms with Crippen molar-refractivity contribution in [2.24, 2.45) is 0 Å². The Morgan fingerprint density at radius 3 is 2.48 bits per heavy atom. The number of nitrogens with two attached hydrogens (primary N) is 1. The summed E-state index contributed by atoms with van der Waals surface area (Å²) in [7, 11) is 0. The first-order chi connectivity index (χ1) is 20.2. The summed E-state index contributed by atoms with van der Waals surface area (Å²) in [5.41, 5.74) is 8.80. The van der Waals surface area contributed by atoms with Crippen LogP contribution >= 0.6 is 11.8 Å². The molecule has 2 heterocycles. The van der Waals surface area contributed by atoms with E-state index in [1.807, 2.05) is 98.8 Å². The van der Waals surface area contributed by atoms with Crippen LogP contribution in [0.5, 0.6) is 5.75 Å². The zero-order chi connectivity index (χ0) is 29.7. The molecule has 0 unspecified atom stereocenters. The zero-order valence-electron chi connectivity index (χ0n) is 24.1. The molecule has 1 amide bonds. The summed E-state index contributed by atoms with van der Waals surface area (Å²) in [5.74, 6) is 1.43. The number of carbonyl (C=O) groups excluding carboxylic acids is 1. The second-order valence-electron chi connectivity index (χ2n) is 10.9. The molecule has 0 aliphatic carbocycles. The topological polar surface area (TPSA) is 115 Å². The minimum Gasteiger partial charge on any atom is -0.491 e. The fraction of sp³-hybridized carbons (Fsp3) is 0.212. The largest absolute Gasteiger partial charge is 0.491 e. The van der Waals surface area contributed by atoms with Crippen LogP contribution in [0.1, 0.15) is 49.7 Å². The SMILES string of the molecule is CC(C)c1ccc2c(Nc3cc(C(=O)NC(C)(C)COc4ccccc4)ccc3Sc3ccc(N)cc3)ncnc2n1. The maximum absolute atomic E-state index is 13.4. The van der Waals surface area contributed by atoms with Crippen molar-refractivity contribution in [2.75, 3.05) is 17.7 Å². The number of ether oxygens (including phenoxy) is 1. The van der Waals surface area contributed by atoms with Crippen LogP contribution in [0.3, 0.4) is 0 Å². The van der Waals surface area contributed by atoms with Gasteiger partial charge in [-0.2, -0.15) is 0 Å². The Morgan fingerprint density at radius 1 is 0.976 bits per heavy atom. The van der Waals surface area contributed by atoms with Gasteiger partial charge >= 0.3 is 0 Å². The Hall–Kier alpha value is -4.63. The maximum Gasteiger partial charge on any atom is 0.251 e. The molecule has 214 valence electrons. The Balaban J connectivity index is 1.44. The van der Waals surface area contributed by atoms with Gasteiger partial charge in [0.1, 0.15) is 24.5 Å². The van der Waals surface area contributed by atoms with Crippen LogP contribution < -0.4 is 21.1 Å². The van der Waals surface area contributed by atoms with Crippen LogP contribution in [0, 0.1) is 0 Å². The normalized spacial score (nSPS) is 11.5. The van der Waals surface area contributed by atoms with Crippen LogP contribution in [0.2, 0.25) is 0 Å². The molecule has 0 fully saturated rings. The molecule has 42 heavy (non-hydrogen) atoms. The van der Waals surface area contributed by atoms with Crippen LogP contribution in [-0.2, 0) is 0 Å². The van der Waals surface area contributed by atoms with Crippen molar-refractivity contribution in [1.29, 1.82) is 0 Å². The van der Waals surface area contributed by atoms with Gasteiger partial charge in [-0.3, -0.25) is 4.79 Å². The summed E-state index contributed by atoms with van der Waals surface area (Å²) in [6.45, 7) is 8.38. The molecular formula is C33H34N6O2S. The van der Waals surface area contributed by atoms with Gasteiger partial charge in [0.2, 0.25) is 0 Å². The third kappa shape index (κ3) is 7.16. The standard InChI is InChI=1S/C33H34N6O2S/c1-21(2)27-16-15-26-30(37-27)35-20-36-31(26)38-28-18-22(10-17-29(28)42-25-13-11-23(34)12-14-25)32(40)39-33(3,4)19-41-24-8-6-5-7-9-24/h5-18,20-21H,19,34H2,1-4H3,(H,39,40)(H,35,36,37,38). The first-order valence-corrected chi connectivity index (χ1v) is 14.5. The summed E-state index contributed by atoms with van der Waals surface area (Å²) < 4.78 is 5.91. The van der Waals surface area contributed by atoms with E-state index in [-0.39, 0.29) is 11.8 Å². The van der Waals surface area contributed by atoms with Gasteiger partial charge in [0.05, 0.1) is 16.6 Å². The smallest absolute Gasteiger partial charge is 0.251 e. The number of hydrogen-bond acceptors (Lipinski definition) is 8. The van der Waals surface area contributed by atoms with Crippen LogP contribution in [0.25, 0.3) is 11.0 Å². The summed E-state index contributed by atoms with van der Waals surface area (Å²) >= 11 is 1.56. The number of pyridine rings is 1. The van der Waals surface area contributed by atoms with Crippen LogP contribution in [0.15, 0.2) is 101 Å². The van der Waals surface area contributed by atoms with E-state index in [1.54, 1.807) is 11.8 Å². The number of aromatic nitrogens is 3. The number of nitrogens with one attached hydrogen (secondary N) is 2. The van der Waals surface area contributed by atoms with E-state index in [4.69, 9.17) is 15.5 Å². The highest BCUT2D eigenvalue weighted by atomic mass is 32.2. The van der Waals surface area contributed by atoms with Crippen molar-refractivity contribution in [3.05, 3.63) is 103 Å². The number of carbonyl (C=O) groups is 1. The van der Waals surface area contributed by atoms with E-state index in [0.717, 1.165) is 32.3 Å². The average molecular weight is 579 g/mol. The Bertz CT molecular complexity index is 1690. The van der Waals surface area contributed by atoms with E-state index in [2.05, 4.69) is 34.4 Å². The molecule has 0 bridgehead atoms. The average Bonchev–Trinajstić information content (AvgIpc) is 2.98. The maximum atomic E-state index is 13.4. The molecule has 3 aromatic carbocycles. The lowest BCUT2D eigenvalue weighted by molar-refractivity contribution is 0.0881. The van der Waals surface area contributed by atoms with Crippen molar-refractivity contribution >= 4 is 45.9 Å². The Morgan fingerprint density at radius 2 is 1.74 bits per heavy atom. The van der Waals surface area contributed by atoms with Gasteiger partial charge in [0.15, 0.2) is 5.65 Å². The predicted octanol–water partition coefficient (Wildman–Crippen LogP) is 7.21. The fourth-order valence-corrected chi connectivity index (χ4v) is 5.10. The summed E-state index contributed by atoms with van der Waals surface area (Å²) in [6, 6.07) is 26.8. The molecule has 2 aromatic heterocycles. The van der Waals surface area contributed by atoms with Gasteiger partial charge in [0.25, 0.3) is 5.91 Å². The number of nitrogen functional groups attached to an aromatic ring is 1. The van der Waals surface area contributed by atoms with E-state index in [0.29, 0.717) is 29.3 Å². The minimum absolute atomic E-state index is 0.209. The number of rotatable bonds is 10. The second-order valence-corrected chi connectivity index (χ2v) is 12.0. The molecule has 0 saturated carbocycles. The van der Waals surface area contributed by atoms with Crippen molar-refractivity contribution in [1.82, 2.24) is 20.3 Å². The molecule has 5 rings (SSSR count). The molecule has 9 heteroatoms. The lowest BCUT2D eigenvalue weighted by Crippen LogP contribution is -2.47. The highest BCUT2D eigenvalue weighted by Gasteiger charge is 2.23. The van der Waals surface area contributed by atoms with E-state index in [1.165, 1.54) is 6.33 Å². The van der Waals surface area contributed by atoms with Gasteiger partial charge in [-0.25, -0.2) is 15.0 Å². The van der Waals surface area contributed by atoms with E-state index < -0.39 is 5.54 Å². The number of hydrogen-bond donors (Lipinski definition) is 3. The van der Waals surface area contributed by atoms with Gasteiger partial charge in [-0.15, -0.1) is 0 Å². The van der Waals surface area contributed by atoms with Crippen molar-refractivity contribution in [2.45, 2.75) is 48.9 Å². The monoisotopic (exact) mass is 578 g/mol. The molecule has 5 aromatic rings. The minimum atomic E-state index is -0.611. The van der Waals surface area contributed by atoms with Gasteiger partial charge in [0, 0.05) is 26.7 Å². The quantitative estimate of drug-likeness (QED) is 0.149. The molecule has 0 radical (unpaired) electrons. The van der Waals surface area contributed by atoms with Gasteiger partial charge < -0.3 is 21.1 Å². The fourth-order valence-electron chi connectivity index (χ4n) is 4.22. The summed E-state index contributed by atoms with van der Waals surface area (Å²) in [4.78, 5) is 29.0. The summed E-state index contributed by atoms with van der Waals surface area (Å²) in [6.07, 6.45) is 1.50. The zero-order valence-corrected chi connectivity index (χ0v) is 24.9. The lowest BCUT2D eigenvalue weighted by atomic mass is 10.1. The first kappa shape index (κ1) is 28.9. The van der Waals surface area contributed by atoms with Gasteiger partial charge in [-0.1, -0.05) is 43.8 Å². The number of para-hydroxylation sites is 1. The molecule has 0 spiro atoms. The molecule has 4 N–H and O–H groups in total. The third-order valence-corrected chi connectivity index (χ3v) is 7.59. The first-order valence-electron chi connectivity index (χ1n) is 13.7. The number of fused-ring (bicyclic) bond motifs is 1. The Labute approximate surface area is 250 Å². The molecule has 0 saturated heterocycles. The lowest BCUT2D eigenvalue weighted by Gasteiger charge is -2.26. The number of benzene rings is 3. The summed E-state index contributed by atoms with van der Waals surface area (Å²) in [5, 5.41) is 7.36. The molecular weight excluding hydrogens is 544 g/mol. The van der Waals surface area contributed by atoms with Gasteiger partial charge in [-0.05, 0) is 86.5 Å². The molecule has 0 aliphatic heterocycles. The van der Waals surface area contributed by atoms with Crippen LogP contribution in [0.4, 0.5) is 17.2 Å². The number of anilines is 3. The molecule has 0 atom stereocenters. The molecule has 8 nitrogen and oxygen atoms in total. The highest BCUT2D eigenvalue weighted by molar-refractivity contribution is 7.99. The second kappa shape index (κ2) is 12.5. The predicted molar refractivity (Wildman–Crippen MR) is 170 cm³/mol. The number of amides is 1. The Kier molecular flexibility index (Phi) is 8.59. The van der Waals surface area contributed by atoms with Crippen molar-refractivity contribution in [3.8, 4) is 5.75 Å². The van der Waals surface area contributed by atoms with E-state index >= 15 is 0 Å². The van der Waals surface area contributed by atoms with Crippen molar-refractivity contribution < 1.29 is 9.53 Å².